The van der Waals surface area contributed by atoms with Gasteiger partial charge in [-0.1, -0.05) is 36.4 Å². The summed E-state index contributed by atoms with van der Waals surface area (Å²) in [6.45, 7) is 0. The fourth-order valence-electron chi connectivity index (χ4n) is 2.14. The van der Waals surface area contributed by atoms with E-state index in [0.717, 1.165) is 22.3 Å². The van der Waals surface area contributed by atoms with Crippen molar-refractivity contribution >= 4 is 10.0 Å². The molecule has 1 aliphatic carbocycles. The van der Waals surface area contributed by atoms with Crippen LogP contribution >= 0.6 is 0 Å². The third kappa shape index (κ3) is 1.14. The van der Waals surface area contributed by atoms with Crippen LogP contribution in [0.15, 0.2) is 47.4 Å². The summed E-state index contributed by atoms with van der Waals surface area (Å²) in [5.41, 5.74) is 3.76. The smallest absolute Gasteiger partial charge is 0.225 e. The van der Waals surface area contributed by atoms with Crippen LogP contribution in [0.2, 0.25) is 0 Å². The first kappa shape index (κ1) is 9.57. The third-order valence-electron chi connectivity index (χ3n) is 2.82. The zero-order valence-corrected chi connectivity index (χ0v) is 9.16. The van der Waals surface area contributed by atoms with Crippen molar-refractivity contribution in [3.63, 3.8) is 0 Å². The molecule has 0 heterocycles. The standard InChI is InChI=1S/C12H9NO2S/c13-16(14,15)11-7-3-6-10-8-4-1-2-5-9(8)12(10)11/h1-7H,(H2,13,14,15). The summed E-state index contributed by atoms with van der Waals surface area (Å²) in [4.78, 5) is 0.212. The van der Waals surface area contributed by atoms with Gasteiger partial charge in [0.15, 0.2) is 0 Å². The van der Waals surface area contributed by atoms with Crippen LogP contribution in [0.5, 0.6) is 0 Å². The minimum absolute atomic E-state index is 0.212. The molecule has 0 amide bonds. The van der Waals surface area contributed by atoms with E-state index in [1.165, 1.54) is 0 Å². The maximum Gasteiger partial charge on any atom is 0.238 e. The number of rotatable bonds is 1. The third-order valence-corrected chi connectivity index (χ3v) is 3.77. The summed E-state index contributed by atoms with van der Waals surface area (Å²) in [5, 5.41) is 5.19. The summed E-state index contributed by atoms with van der Waals surface area (Å²) in [5.74, 6) is 0. The first-order valence-electron chi connectivity index (χ1n) is 4.84. The van der Waals surface area contributed by atoms with E-state index in [2.05, 4.69) is 0 Å². The molecule has 0 bridgehead atoms. The van der Waals surface area contributed by atoms with Gasteiger partial charge in [-0.3, -0.25) is 0 Å². The average Bonchev–Trinajstić information content (AvgIpc) is 2.23. The monoisotopic (exact) mass is 231 g/mol. The van der Waals surface area contributed by atoms with Gasteiger partial charge in [0.25, 0.3) is 0 Å². The van der Waals surface area contributed by atoms with Crippen LogP contribution in [0.25, 0.3) is 22.3 Å². The molecule has 4 heteroatoms. The Morgan fingerprint density at radius 2 is 1.44 bits per heavy atom. The largest absolute Gasteiger partial charge is 0.238 e. The molecule has 0 fully saturated rings. The molecular formula is C12H9NO2S. The average molecular weight is 231 g/mol. The molecule has 0 saturated carbocycles. The van der Waals surface area contributed by atoms with Gasteiger partial charge in [0, 0.05) is 5.56 Å². The van der Waals surface area contributed by atoms with Gasteiger partial charge in [-0.2, -0.15) is 0 Å². The normalized spacial score (nSPS) is 12.6. The summed E-state index contributed by atoms with van der Waals surface area (Å²) in [6, 6.07) is 12.9. The molecule has 2 N–H and O–H groups in total. The van der Waals surface area contributed by atoms with Crippen molar-refractivity contribution in [2.45, 2.75) is 4.90 Å². The van der Waals surface area contributed by atoms with Crippen LogP contribution < -0.4 is 5.14 Å². The van der Waals surface area contributed by atoms with Crippen LogP contribution in [0.3, 0.4) is 0 Å². The molecule has 0 saturated heterocycles. The van der Waals surface area contributed by atoms with E-state index >= 15 is 0 Å². The fourth-order valence-corrected chi connectivity index (χ4v) is 2.92. The van der Waals surface area contributed by atoms with Crippen LogP contribution in [-0.2, 0) is 10.0 Å². The molecule has 0 aliphatic heterocycles. The highest BCUT2D eigenvalue weighted by Gasteiger charge is 2.28. The van der Waals surface area contributed by atoms with Crippen molar-refractivity contribution in [2.75, 3.05) is 0 Å². The van der Waals surface area contributed by atoms with E-state index in [0.29, 0.717) is 0 Å². The molecule has 3 nitrogen and oxygen atoms in total. The van der Waals surface area contributed by atoms with Gasteiger partial charge in [-0.25, -0.2) is 13.6 Å². The molecule has 1 aliphatic rings. The molecule has 2 aromatic rings. The van der Waals surface area contributed by atoms with Gasteiger partial charge >= 0.3 is 0 Å². The van der Waals surface area contributed by atoms with Crippen molar-refractivity contribution in [1.82, 2.24) is 0 Å². The zero-order chi connectivity index (χ0) is 11.3. The summed E-state index contributed by atoms with van der Waals surface area (Å²) >= 11 is 0. The van der Waals surface area contributed by atoms with Gasteiger partial charge in [-0.05, 0) is 22.8 Å². The molecule has 2 aromatic carbocycles. The number of hydrogen-bond donors (Lipinski definition) is 1. The molecule has 0 atom stereocenters. The molecular weight excluding hydrogens is 222 g/mol. The molecule has 0 spiro atoms. The van der Waals surface area contributed by atoms with Crippen LogP contribution in [0.1, 0.15) is 0 Å². The Hall–Kier alpha value is -1.65. The summed E-state index contributed by atoms with van der Waals surface area (Å²) < 4.78 is 22.9. The molecule has 16 heavy (non-hydrogen) atoms. The number of hydrogen-bond acceptors (Lipinski definition) is 2. The predicted octanol–water partition coefficient (Wildman–Crippen LogP) is 1.98. The van der Waals surface area contributed by atoms with Gasteiger partial charge in [0.05, 0.1) is 4.90 Å². The first-order valence-corrected chi connectivity index (χ1v) is 6.39. The minimum atomic E-state index is -3.65. The highest BCUT2D eigenvalue weighted by atomic mass is 32.2. The molecule has 80 valence electrons. The van der Waals surface area contributed by atoms with Crippen molar-refractivity contribution in [1.29, 1.82) is 0 Å². The number of benzene rings is 2. The van der Waals surface area contributed by atoms with E-state index < -0.39 is 10.0 Å². The van der Waals surface area contributed by atoms with Gasteiger partial charge in [0.2, 0.25) is 10.0 Å². The van der Waals surface area contributed by atoms with Gasteiger partial charge < -0.3 is 0 Å². The maximum atomic E-state index is 11.4. The predicted molar refractivity (Wildman–Crippen MR) is 62.2 cm³/mol. The Bertz CT molecular complexity index is 690. The molecule has 0 radical (unpaired) electrons. The molecule has 0 unspecified atom stereocenters. The van der Waals surface area contributed by atoms with E-state index in [4.69, 9.17) is 5.14 Å². The van der Waals surface area contributed by atoms with E-state index in [1.54, 1.807) is 12.1 Å². The Morgan fingerprint density at radius 1 is 0.812 bits per heavy atom. The molecule has 3 rings (SSSR count). The maximum absolute atomic E-state index is 11.4. The topological polar surface area (TPSA) is 60.2 Å². The lowest BCUT2D eigenvalue weighted by atomic mass is 9.81. The second kappa shape index (κ2) is 2.93. The quantitative estimate of drug-likeness (QED) is 0.696. The SMILES string of the molecule is NS(=O)(=O)c1cccc2c1-c1ccccc1-2. The Balaban J connectivity index is 2.35. The Labute approximate surface area is 93.6 Å². The second-order valence-corrected chi connectivity index (χ2v) is 5.30. The van der Waals surface area contributed by atoms with Gasteiger partial charge in [-0.15, -0.1) is 0 Å². The zero-order valence-electron chi connectivity index (χ0n) is 8.34. The van der Waals surface area contributed by atoms with E-state index in [-0.39, 0.29) is 4.90 Å². The van der Waals surface area contributed by atoms with Gasteiger partial charge in [0.1, 0.15) is 0 Å². The highest BCUT2D eigenvalue weighted by molar-refractivity contribution is 7.89. The van der Waals surface area contributed by atoms with Crippen molar-refractivity contribution < 1.29 is 8.42 Å². The number of nitrogens with two attached hydrogens (primary N) is 1. The lowest BCUT2D eigenvalue weighted by Crippen LogP contribution is -2.15. The number of primary sulfonamides is 1. The van der Waals surface area contributed by atoms with Crippen LogP contribution in [-0.4, -0.2) is 8.42 Å². The molecule has 0 aromatic heterocycles. The summed E-state index contributed by atoms with van der Waals surface area (Å²) in [6.07, 6.45) is 0. The number of fused-ring (bicyclic) bond motifs is 4. The number of sulfonamides is 1. The van der Waals surface area contributed by atoms with Crippen molar-refractivity contribution in [3.05, 3.63) is 42.5 Å². The van der Waals surface area contributed by atoms with E-state index in [9.17, 15) is 8.42 Å². The fraction of sp³-hybridized carbons (Fsp3) is 0. The van der Waals surface area contributed by atoms with Crippen molar-refractivity contribution in [2.24, 2.45) is 5.14 Å². The van der Waals surface area contributed by atoms with Crippen molar-refractivity contribution in [3.8, 4) is 22.3 Å². The Morgan fingerprint density at radius 3 is 2.12 bits per heavy atom. The first-order chi connectivity index (χ1) is 7.59. The Kier molecular flexibility index (Phi) is 1.75. The lowest BCUT2D eigenvalue weighted by molar-refractivity contribution is 0.598. The second-order valence-electron chi connectivity index (χ2n) is 3.77. The van der Waals surface area contributed by atoms with Crippen LogP contribution in [0, 0.1) is 0 Å². The van der Waals surface area contributed by atoms with Crippen LogP contribution in [0.4, 0.5) is 0 Å². The highest BCUT2D eigenvalue weighted by Crippen LogP contribution is 2.49. The summed E-state index contributed by atoms with van der Waals surface area (Å²) in [7, 11) is -3.65. The minimum Gasteiger partial charge on any atom is -0.225 e. The lowest BCUT2D eigenvalue weighted by Gasteiger charge is -2.25. The van der Waals surface area contributed by atoms with E-state index in [1.807, 2.05) is 30.3 Å².